The number of thioether (sulfide) groups is 1. The average molecular weight is 253 g/mol. The maximum Gasteiger partial charge on any atom is 0.296 e. The molecule has 0 fully saturated rings. The van der Waals surface area contributed by atoms with E-state index in [1.165, 1.54) is 17.8 Å². The van der Waals surface area contributed by atoms with Gasteiger partial charge in [-0.15, -0.1) is 11.8 Å². The first kappa shape index (κ1) is 12.1. The summed E-state index contributed by atoms with van der Waals surface area (Å²) in [5.41, 5.74) is 0.549. The summed E-state index contributed by atoms with van der Waals surface area (Å²) < 4.78 is 13.7. The van der Waals surface area contributed by atoms with Crippen molar-refractivity contribution in [2.75, 3.05) is 11.1 Å². The Bertz CT molecular complexity index is 488. The molecule has 1 aromatic rings. The van der Waals surface area contributed by atoms with E-state index in [0.717, 1.165) is 24.7 Å². The van der Waals surface area contributed by atoms with Gasteiger partial charge in [0.05, 0.1) is 11.3 Å². The molecule has 3 nitrogen and oxygen atoms in total. The van der Waals surface area contributed by atoms with Gasteiger partial charge in [-0.1, -0.05) is 13.3 Å². The van der Waals surface area contributed by atoms with Crippen LogP contribution in [0, 0.1) is 5.82 Å². The molecule has 1 heterocycles. The minimum Gasteiger partial charge on any atom is -0.318 e. The Kier molecular flexibility index (Phi) is 3.47. The van der Waals surface area contributed by atoms with E-state index in [0.29, 0.717) is 10.6 Å². The zero-order valence-corrected chi connectivity index (χ0v) is 10.2. The molecule has 0 atom stereocenters. The topological polar surface area (TPSA) is 46.2 Å². The van der Waals surface area contributed by atoms with Gasteiger partial charge >= 0.3 is 0 Å². The van der Waals surface area contributed by atoms with Crippen LogP contribution in [0.5, 0.6) is 0 Å². The molecule has 0 radical (unpaired) electrons. The van der Waals surface area contributed by atoms with Crippen molar-refractivity contribution >= 4 is 29.1 Å². The molecule has 90 valence electrons. The lowest BCUT2D eigenvalue weighted by atomic mass is 10.1. The molecule has 0 aliphatic carbocycles. The highest BCUT2D eigenvalue weighted by atomic mass is 32.2. The summed E-state index contributed by atoms with van der Waals surface area (Å²) in [6.45, 7) is 2.07. The molecule has 0 saturated carbocycles. The standard InChI is InChI=1S/C12H12FNO2S/c1-2-3-4-17-10-6-9-7(5-8(10)13)11(15)12(16)14-9/h5-6H,2-4H2,1H3,(H,14,15,16). The third kappa shape index (κ3) is 2.34. The first-order valence-corrected chi connectivity index (χ1v) is 6.44. The molecule has 0 unspecified atom stereocenters. The monoisotopic (exact) mass is 253 g/mol. The number of amides is 1. The number of rotatable bonds is 4. The lowest BCUT2D eigenvalue weighted by Gasteiger charge is -2.05. The lowest BCUT2D eigenvalue weighted by molar-refractivity contribution is -0.112. The highest BCUT2D eigenvalue weighted by Crippen LogP contribution is 2.31. The molecule has 1 aromatic carbocycles. The smallest absolute Gasteiger partial charge is 0.296 e. The number of nitrogens with one attached hydrogen (secondary N) is 1. The molecule has 1 N–H and O–H groups in total. The Balaban J connectivity index is 2.24. The summed E-state index contributed by atoms with van der Waals surface area (Å²) >= 11 is 1.40. The lowest BCUT2D eigenvalue weighted by Crippen LogP contribution is -2.12. The molecule has 1 aliphatic rings. The molecule has 17 heavy (non-hydrogen) atoms. The highest BCUT2D eigenvalue weighted by Gasteiger charge is 2.29. The Labute approximate surface area is 103 Å². The Morgan fingerprint density at radius 2 is 2.12 bits per heavy atom. The quantitative estimate of drug-likeness (QED) is 0.510. The molecule has 5 heteroatoms. The van der Waals surface area contributed by atoms with E-state index in [1.54, 1.807) is 0 Å². The van der Waals surface area contributed by atoms with Crippen LogP contribution < -0.4 is 5.32 Å². The van der Waals surface area contributed by atoms with Crippen LogP contribution in [0.25, 0.3) is 0 Å². The zero-order chi connectivity index (χ0) is 12.4. The number of carbonyl (C=O) groups excluding carboxylic acids is 2. The summed E-state index contributed by atoms with van der Waals surface area (Å²) in [5, 5.41) is 2.44. The summed E-state index contributed by atoms with van der Waals surface area (Å²) in [6.07, 6.45) is 2.06. The molecule has 0 bridgehead atoms. The summed E-state index contributed by atoms with van der Waals surface area (Å²) in [4.78, 5) is 22.9. The SMILES string of the molecule is CCCCSc1cc2c(cc1F)C(=O)C(=O)N2. The predicted octanol–water partition coefficient (Wildman–Crippen LogP) is 2.85. The maximum absolute atomic E-state index is 13.7. The van der Waals surface area contributed by atoms with Gasteiger partial charge in [-0.2, -0.15) is 0 Å². The van der Waals surface area contributed by atoms with Crippen molar-refractivity contribution in [1.29, 1.82) is 0 Å². The molecule has 2 rings (SSSR count). The van der Waals surface area contributed by atoms with Crippen LogP contribution in [0.1, 0.15) is 30.1 Å². The normalized spacial score (nSPS) is 13.8. The van der Waals surface area contributed by atoms with Gasteiger partial charge in [-0.05, 0) is 24.3 Å². The fraction of sp³-hybridized carbons (Fsp3) is 0.333. The number of anilines is 1. The first-order valence-electron chi connectivity index (χ1n) is 5.45. The molecular formula is C12H12FNO2S. The van der Waals surface area contributed by atoms with Gasteiger partial charge in [0.1, 0.15) is 5.82 Å². The van der Waals surface area contributed by atoms with Crippen LogP contribution in [0.4, 0.5) is 10.1 Å². The summed E-state index contributed by atoms with van der Waals surface area (Å²) in [6, 6.07) is 2.68. The minimum atomic E-state index is -0.685. The number of fused-ring (bicyclic) bond motifs is 1. The molecule has 0 spiro atoms. The summed E-state index contributed by atoms with van der Waals surface area (Å²) in [7, 11) is 0. The second-order valence-electron chi connectivity index (χ2n) is 3.81. The molecule has 0 aromatic heterocycles. The van der Waals surface area contributed by atoms with Crippen molar-refractivity contribution < 1.29 is 14.0 Å². The molecular weight excluding hydrogens is 241 g/mol. The van der Waals surface area contributed by atoms with E-state index in [-0.39, 0.29) is 5.56 Å². The zero-order valence-electron chi connectivity index (χ0n) is 9.38. The van der Waals surface area contributed by atoms with Gasteiger partial charge in [-0.25, -0.2) is 4.39 Å². The van der Waals surface area contributed by atoms with Gasteiger partial charge in [-0.3, -0.25) is 9.59 Å². The average Bonchev–Trinajstić information content (AvgIpc) is 2.56. The van der Waals surface area contributed by atoms with Crippen LogP contribution in [0.2, 0.25) is 0 Å². The third-order valence-corrected chi connectivity index (χ3v) is 3.64. The van der Waals surface area contributed by atoms with Crippen molar-refractivity contribution in [3.8, 4) is 0 Å². The minimum absolute atomic E-state index is 0.132. The van der Waals surface area contributed by atoms with Crippen molar-refractivity contribution in [3.05, 3.63) is 23.5 Å². The van der Waals surface area contributed by atoms with Gasteiger partial charge in [0.25, 0.3) is 11.7 Å². The number of carbonyl (C=O) groups is 2. The van der Waals surface area contributed by atoms with Crippen molar-refractivity contribution in [3.63, 3.8) is 0 Å². The Morgan fingerprint density at radius 3 is 2.82 bits per heavy atom. The van der Waals surface area contributed by atoms with Crippen LogP contribution in [-0.2, 0) is 4.79 Å². The second kappa shape index (κ2) is 4.87. The maximum atomic E-state index is 13.7. The van der Waals surface area contributed by atoms with Gasteiger partial charge in [0.2, 0.25) is 0 Å². The van der Waals surface area contributed by atoms with Crippen LogP contribution in [0.3, 0.4) is 0 Å². The fourth-order valence-electron chi connectivity index (χ4n) is 1.58. The van der Waals surface area contributed by atoms with E-state index >= 15 is 0 Å². The molecule has 1 amide bonds. The fourth-order valence-corrected chi connectivity index (χ4v) is 2.63. The number of unbranched alkanes of at least 4 members (excludes halogenated alkanes) is 1. The highest BCUT2D eigenvalue weighted by molar-refractivity contribution is 7.99. The van der Waals surface area contributed by atoms with E-state index < -0.39 is 17.5 Å². The second-order valence-corrected chi connectivity index (χ2v) is 4.95. The Hall–Kier alpha value is -1.36. The predicted molar refractivity (Wildman–Crippen MR) is 65.0 cm³/mol. The van der Waals surface area contributed by atoms with Crippen molar-refractivity contribution in [1.82, 2.24) is 0 Å². The van der Waals surface area contributed by atoms with Gasteiger partial charge in [0.15, 0.2) is 0 Å². The number of halogens is 1. The number of ketones is 1. The van der Waals surface area contributed by atoms with Crippen molar-refractivity contribution in [2.24, 2.45) is 0 Å². The van der Waals surface area contributed by atoms with E-state index in [2.05, 4.69) is 12.2 Å². The van der Waals surface area contributed by atoms with E-state index in [4.69, 9.17) is 0 Å². The van der Waals surface area contributed by atoms with Crippen molar-refractivity contribution in [2.45, 2.75) is 24.7 Å². The first-order chi connectivity index (χ1) is 8.13. The molecule has 0 saturated heterocycles. The van der Waals surface area contributed by atoms with Crippen LogP contribution in [0.15, 0.2) is 17.0 Å². The largest absolute Gasteiger partial charge is 0.318 e. The number of benzene rings is 1. The van der Waals surface area contributed by atoms with E-state index in [1.807, 2.05) is 0 Å². The third-order valence-electron chi connectivity index (χ3n) is 2.53. The number of Topliss-reactive ketones (excluding diaryl/α,β-unsaturated/α-hetero) is 1. The van der Waals surface area contributed by atoms with E-state index in [9.17, 15) is 14.0 Å². The summed E-state index contributed by atoms with van der Waals surface area (Å²) in [5.74, 6) is -0.956. The number of hydrogen-bond donors (Lipinski definition) is 1. The van der Waals surface area contributed by atoms with Gasteiger partial charge in [0, 0.05) is 4.90 Å². The number of hydrogen-bond acceptors (Lipinski definition) is 3. The molecule has 1 aliphatic heterocycles. The van der Waals surface area contributed by atoms with Gasteiger partial charge < -0.3 is 5.32 Å². The Morgan fingerprint density at radius 1 is 1.35 bits per heavy atom. The van der Waals surface area contributed by atoms with Crippen LogP contribution >= 0.6 is 11.8 Å². The van der Waals surface area contributed by atoms with Crippen LogP contribution in [-0.4, -0.2) is 17.4 Å².